The Morgan fingerprint density at radius 2 is 1.83 bits per heavy atom. The number of hydrogen-bond acceptors (Lipinski definition) is 5. The lowest BCUT2D eigenvalue weighted by atomic mass is 10.1. The van der Waals surface area contributed by atoms with Crippen LogP contribution in [0.5, 0.6) is 5.75 Å². The van der Waals surface area contributed by atoms with E-state index in [-0.39, 0.29) is 5.91 Å². The van der Waals surface area contributed by atoms with Crippen LogP contribution < -0.4 is 25.6 Å². The molecule has 2 aromatic carbocycles. The van der Waals surface area contributed by atoms with Gasteiger partial charge in [0.2, 0.25) is 0 Å². The van der Waals surface area contributed by atoms with Gasteiger partial charge in [-0.1, -0.05) is 12.1 Å². The van der Waals surface area contributed by atoms with Gasteiger partial charge in [-0.3, -0.25) is 4.79 Å². The number of carbonyl (C=O) groups excluding carboxylic acids is 2. The Hall–Kier alpha value is -3.26. The van der Waals surface area contributed by atoms with Crippen LogP contribution in [0.4, 0.5) is 21.9 Å². The number of carbonyl (C=O) groups is 2. The highest BCUT2D eigenvalue weighted by Gasteiger charge is 2.15. The van der Waals surface area contributed by atoms with E-state index in [1.54, 1.807) is 36.4 Å². The highest BCUT2D eigenvalue weighted by molar-refractivity contribution is 6.04. The summed E-state index contributed by atoms with van der Waals surface area (Å²) in [6, 6.07) is 11.9. The number of para-hydroxylation sites is 2. The maximum atomic E-state index is 12.7. The number of rotatable bonds is 10. The molecule has 30 heavy (non-hydrogen) atoms. The molecule has 0 aliphatic heterocycles. The normalized spacial score (nSPS) is 10.3. The largest absolute Gasteiger partial charge is 0.495 e. The van der Waals surface area contributed by atoms with Crippen molar-refractivity contribution in [2.45, 2.75) is 13.3 Å². The quantitative estimate of drug-likeness (QED) is 0.517. The van der Waals surface area contributed by atoms with E-state index in [9.17, 15) is 9.59 Å². The van der Waals surface area contributed by atoms with Crippen LogP contribution in [0, 0.1) is 0 Å². The molecular weight excluding hydrogens is 384 g/mol. The summed E-state index contributed by atoms with van der Waals surface area (Å²) in [7, 11) is 5.27. The zero-order chi connectivity index (χ0) is 21.9. The van der Waals surface area contributed by atoms with Crippen molar-refractivity contribution in [1.82, 2.24) is 5.32 Å². The molecule has 0 spiro atoms. The van der Waals surface area contributed by atoms with Gasteiger partial charge in [0.05, 0.1) is 18.4 Å². The topological polar surface area (TPSA) is 91.9 Å². The van der Waals surface area contributed by atoms with Crippen LogP contribution >= 0.6 is 0 Å². The summed E-state index contributed by atoms with van der Waals surface area (Å²) in [5.74, 6) is 0.353. The van der Waals surface area contributed by atoms with Gasteiger partial charge in [0.15, 0.2) is 0 Å². The predicted octanol–water partition coefficient (Wildman–Crippen LogP) is 3.56. The molecule has 0 heterocycles. The van der Waals surface area contributed by atoms with E-state index >= 15 is 0 Å². The number of amides is 3. The molecule has 162 valence electrons. The van der Waals surface area contributed by atoms with E-state index in [2.05, 4.69) is 16.0 Å². The second-order valence-corrected chi connectivity index (χ2v) is 6.71. The van der Waals surface area contributed by atoms with Gasteiger partial charge < -0.3 is 30.3 Å². The van der Waals surface area contributed by atoms with E-state index in [4.69, 9.17) is 9.47 Å². The third-order valence-electron chi connectivity index (χ3n) is 4.29. The second kappa shape index (κ2) is 11.7. The fourth-order valence-electron chi connectivity index (χ4n) is 2.83. The molecule has 3 amide bonds. The first-order chi connectivity index (χ1) is 14.5. The van der Waals surface area contributed by atoms with Crippen molar-refractivity contribution in [2.24, 2.45) is 0 Å². The third-order valence-corrected chi connectivity index (χ3v) is 4.29. The summed E-state index contributed by atoms with van der Waals surface area (Å²) >= 11 is 0. The van der Waals surface area contributed by atoms with Gasteiger partial charge in [-0.2, -0.15) is 0 Å². The molecule has 0 fully saturated rings. The van der Waals surface area contributed by atoms with Crippen molar-refractivity contribution < 1.29 is 19.1 Å². The molecular formula is C22H30N4O4. The van der Waals surface area contributed by atoms with Crippen molar-refractivity contribution in [3.8, 4) is 5.75 Å². The molecule has 0 saturated carbocycles. The van der Waals surface area contributed by atoms with Crippen LogP contribution in [-0.2, 0) is 4.74 Å². The first-order valence-corrected chi connectivity index (χ1v) is 9.84. The van der Waals surface area contributed by atoms with Gasteiger partial charge in [0.1, 0.15) is 5.75 Å². The Labute approximate surface area is 177 Å². The Balaban J connectivity index is 2.08. The number of nitrogens with one attached hydrogen (secondary N) is 3. The fourth-order valence-corrected chi connectivity index (χ4v) is 2.83. The second-order valence-electron chi connectivity index (χ2n) is 6.71. The van der Waals surface area contributed by atoms with Crippen molar-refractivity contribution in [3.05, 3.63) is 48.0 Å². The van der Waals surface area contributed by atoms with Crippen LogP contribution in [0.2, 0.25) is 0 Å². The standard InChI is InChI=1S/C22H30N4O4/c1-5-30-14-8-13-23-21(27)17-15-16(11-12-19(17)26(2)3)24-22(28)25-18-9-6-7-10-20(18)29-4/h6-7,9-12,15H,5,8,13-14H2,1-4H3,(H,23,27)(H2,24,25,28). The summed E-state index contributed by atoms with van der Waals surface area (Å²) in [6.45, 7) is 3.70. The van der Waals surface area contributed by atoms with E-state index in [0.29, 0.717) is 42.4 Å². The lowest BCUT2D eigenvalue weighted by Gasteiger charge is -2.19. The molecule has 8 heteroatoms. The predicted molar refractivity (Wildman–Crippen MR) is 120 cm³/mol. The number of hydrogen-bond donors (Lipinski definition) is 3. The van der Waals surface area contributed by atoms with Crippen LogP contribution in [0.15, 0.2) is 42.5 Å². The lowest BCUT2D eigenvalue weighted by molar-refractivity contribution is 0.0944. The Bertz CT molecular complexity index is 855. The molecule has 0 aliphatic rings. The van der Waals surface area contributed by atoms with Crippen LogP contribution in [0.1, 0.15) is 23.7 Å². The first kappa shape index (κ1) is 23.0. The molecule has 0 aliphatic carbocycles. The van der Waals surface area contributed by atoms with Gasteiger partial charge in [-0.25, -0.2) is 4.79 Å². The zero-order valence-corrected chi connectivity index (χ0v) is 18.0. The number of methoxy groups -OCH3 is 1. The monoisotopic (exact) mass is 414 g/mol. The number of urea groups is 1. The van der Waals surface area contributed by atoms with Gasteiger partial charge in [-0.05, 0) is 43.7 Å². The molecule has 0 radical (unpaired) electrons. The van der Waals surface area contributed by atoms with E-state index < -0.39 is 6.03 Å². The minimum absolute atomic E-state index is 0.205. The van der Waals surface area contributed by atoms with Crippen LogP contribution in [0.3, 0.4) is 0 Å². The minimum atomic E-state index is -0.430. The Morgan fingerprint density at radius 3 is 2.53 bits per heavy atom. The van der Waals surface area contributed by atoms with Gasteiger partial charge in [0, 0.05) is 45.2 Å². The molecule has 2 rings (SSSR count). The highest BCUT2D eigenvalue weighted by Crippen LogP contribution is 2.25. The van der Waals surface area contributed by atoms with Gasteiger partial charge in [-0.15, -0.1) is 0 Å². The zero-order valence-electron chi connectivity index (χ0n) is 18.0. The molecule has 3 N–H and O–H groups in total. The van der Waals surface area contributed by atoms with Gasteiger partial charge in [0.25, 0.3) is 5.91 Å². The molecule has 8 nitrogen and oxygen atoms in total. The van der Waals surface area contributed by atoms with E-state index in [1.165, 1.54) is 7.11 Å². The molecule has 0 aromatic heterocycles. The Kier molecular flexibility index (Phi) is 8.96. The fraction of sp³-hybridized carbons (Fsp3) is 0.364. The summed E-state index contributed by atoms with van der Waals surface area (Å²) in [5, 5.41) is 8.41. The van der Waals surface area contributed by atoms with Crippen LogP contribution in [0.25, 0.3) is 0 Å². The Morgan fingerprint density at radius 1 is 1.07 bits per heavy atom. The smallest absolute Gasteiger partial charge is 0.323 e. The number of anilines is 3. The molecule has 2 aromatic rings. The van der Waals surface area contributed by atoms with Crippen LogP contribution in [-0.4, -0.2) is 52.9 Å². The average molecular weight is 415 g/mol. The summed E-state index contributed by atoms with van der Waals surface area (Å²) in [4.78, 5) is 27.0. The van der Waals surface area contributed by atoms with Crippen molar-refractivity contribution >= 4 is 29.0 Å². The van der Waals surface area contributed by atoms with E-state index in [0.717, 1.165) is 12.1 Å². The first-order valence-electron chi connectivity index (χ1n) is 9.84. The average Bonchev–Trinajstić information content (AvgIpc) is 2.73. The van der Waals surface area contributed by atoms with Gasteiger partial charge >= 0.3 is 6.03 Å². The van der Waals surface area contributed by atoms with Crippen molar-refractivity contribution in [3.63, 3.8) is 0 Å². The highest BCUT2D eigenvalue weighted by atomic mass is 16.5. The SMILES string of the molecule is CCOCCCNC(=O)c1cc(NC(=O)Nc2ccccc2OC)ccc1N(C)C. The maximum Gasteiger partial charge on any atom is 0.323 e. The molecule has 0 bridgehead atoms. The van der Waals surface area contributed by atoms with Crippen molar-refractivity contribution in [1.29, 1.82) is 0 Å². The molecule has 0 unspecified atom stereocenters. The summed E-state index contributed by atoms with van der Waals surface area (Å²) in [6.07, 6.45) is 0.732. The van der Waals surface area contributed by atoms with Crippen molar-refractivity contribution in [2.75, 3.05) is 56.5 Å². The number of benzene rings is 2. The number of ether oxygens (including phenoxy) is 2. The third kappa shape index (κ3) is 6.66. The summed E-state index contributed by atoms with van der Waals surface area (Å²) < 4.78 is 10.5. The maximum absolute atomic E-state index is 12.7. The summed E-state index contributed by atoms with van der Waals surface area (Å²) in [5.41, 5.74) is 2.29. The molecule has 0 saturated heterocycles. The van der Waals surface area contributed by atoms with E-state index in [1.807, 2.05) is 32.0 Å². The minimum Gasteiger partial charge on any atom is -0.495 e. The number of nitrogens with zero attached hydrogens (tertiary/aromatic N) is 1. The lowest BCUT2D eigenvalue weighted by Crippen LogP contribution is -2.28. The molecule has 0 atom stereocenters.